The zero-order valence-corrected chi connectivity index (χ0v) is 38.2. The van der Waals surface area contributed by atoms with E-state index in [0.29, 0.717) is 37.3 Å². The number of nitrogens with one attached hydrogen (secondary N) is 4. The van der Waals surface area contributed by atoms with Crippen molar-refractivity contribution in [1.82, 2.24) is 21.3 Å². The summed E-state index contributed by atoms with van der Waals surface area (Å²) in [6.07, 6.45) is -0.593. The second-order valence-corrected chi connectivity index (χ2v) is 17.2. The summed E-state index contributed by atoms with van der Waals surface area (Å²) in [6.45, 7) is 17.2. The number of benzene rings is 2. The summed E-state index contributed by atoms with van der Waals surface area (Å²) >= 11 is 0. The van der Waals surface area contributed by atoms with Crippen molar-refractivity contribution in [2.24, 2.45) is 0 Å². The molecule has 0 spiro atoms. The summed E-state index contributed by atoms with van der Waals surface area (Å²) < 4.78 is 57.6. The van der Waals surface area contributed by atoms with E-state index in [1.54, 1.807) is 69.2 Å². The Morgan fingerprint density at radius 3 is 1.41 bits per heavy atom. The molecule has 0 bridgehead atoms. The van der Waals surface area contributed by atoms with Crippen LogP contribution in [0.5, 0.6) is 11.5 Å². The molecular weight excluding hydrogens is 839 g/mol. The number of hydrogen-bond donors (Lipinski definition) is 5. The average molecular weight is 915 g/mol. The number of carbonyl (C=O) groups excluding carboxylic acids is 5. The van der Waals surface area contributed by atoms with Gasteiger partial charge in [-0.3, -0.25) is 14.4 Å². The van der Waals surface area contributed by atoms with Crippen molar-refractivity contribution >= 4 is 29.8 Å². The van der Waals surface area contributed by atoms with Crippen molar-refractivity contribution in [3.05, 3.63) is 60.2 Å². The number of methoxy groups -OCH3 is 2. The molecule has 0 aliphatic heterocycles. The Hall–Kier alpha value is -5.07. The molecule has 0 saturated heterocycles. The van der Waals surface area contributed by atoms with E-state index in [1.807, 2.05) is 0 Å². The Morgan fingerprint density at radius 1 is 0.609 bits per heavy atom. The van der Waals surface area contributed by atoms with Crippen molar-refractivity contribution in [2.75, 3.05) is 40.5 Å². The summed E-state index contributed by atoms with van der Waals surface area (Å²) in [5.74, 6) is -1.27. The minimum Gasteiger partial charge on any atom is -0.491 e. The molecule has 0 fully saturated rings. The van der Waals surface area contributed by atoms with Crippen LogP contribution in [-0.2, 0) is 33.3 Å². The first-order valence-corrected chi connectivity index (χ1v) is 20.3. The van der Waals surface area contributed by atoms with Gasteiger partial charge in [0.25, 0.3) is 11.8 Å². The molecular formula is C46H76F2N4O12. The van der Waals surface area contributed by atoms with Crippen molar-refractivity contribution in [2.45, 2.75) is 150 Å². The molecule has 5 N–H and O–H groups in total. The molecule has 0 saturated carbocycles. The fraction of sp³-hybridized carbons (Fsp3) is 0.630. The predicted octanol–water partition coefficient (Wildman–Crippen LogP) is 7.04. The number of aliphatic hydroxyl groups excluding tert-OH is 1. The number of ether oxygens (including phenoxy) is 6. The van der Waals surface area contributed by atoms with Crippen LogP contribution in [0.4, 0.5) is 18.4 Å². The van der Waals surface area contributed by atoms with Crippen LogP contribution in [0, 0.1) is 11.6 Å². The van der Waals surface area contributed by atoms with Crippen LogP contribution in [0.3, 0.4) is 0 Å². The summed E-state index contributed by atoms with van der Waals surface area (Å²) in [6, 6.07) is 9.19. The van der Waals surface area contributed by atoms with Gasteiger partial charge in [0.1, 0.15) is 64.9 Å². The highest BCUT2D eigenvalue weighted by Gasteiger charge is 2.33. The average Bonchev–Trinajstić information content (AvgIpc) is 3.18. The summed E-state index contributed by atoms with van der Waals surface area (Å²) in [4.78, 5) is 61.1. The van der Waals surface area contributed by atoms with Crippen molar-refractivity contribution in [3.63, 3.8) is 0 Å². The zero-order chi connectivity index (χ0) is 47.3. The molecule has 3 atom stereocenters. The van der Waals surface area contributed by atoms with Crippen LogP contribution < -0.4 is 30.7 Å². The van der Waals surface area contributed by atoms with Gasteiger partial charge in [-0.15, -0.1) is 0 Å². The normalized spacial score (nSPS) is 12.8. The SMILES string of the molecule is C.C.COC(C)(C)C(=O)N[C@@H](CCCNC(=O)OC(C)(C)C)C(=O)COc1ccc(F)cc1.COC(C)(C)C(=O)N[C@@H](CCCNC(=O)OC(C)(C)C)C(O)COc1ccc(F)cc1. The molecule has 0 aromatic heterocycles. The van der Waals surface area contributed by atoms with E-state index in [4.69, 9.17) is 28.4 Å². The largest absolute Gasteiger partial charge is 0.491 e. The smallest absolute Gasteiger partial charge is 0.407 e. The maximum atomic E-state index is 13.0. The third-order valence-corrected chi connectivity index (χ3v) is 8.72. The summed E-state index contributed by atoms with van der Waals surface area (Å²) in [5.41, 5.74) is -3.41. The Kier molecular flexibility index (Phi) is 27.3. The van der Waals surface area contributed by atoms with Crippen LogP contribution in [0.25, 0.3) is 0 Å². The van der Waals surface area contributed by atoms with Crippen LogP contribution in [-0.4, -0.2) is 116 Å². The quantitative estimate of drug-likeness (QED) is 0.0754. The number of halogens is 2. The van der Waals surface area contributed by atoms with Crippen LogP contribution in [0.15, 0.2) is 48.5 Å². The maximum absolute atomic E-state index is 13.0. The van der Waals surface area contributed by atoms with E-state index in [0.717, 1.165) is 0 Å². The Morgan fingerprint density at radius 2 is 1.00 bits per heavy atom. The van der Waals surface area contributed by atoms with E-state index in [9.17, 15) is 37.9 Å². The molecule has 4 amide bonds. The molecule has 2 aromatic carbocycles. The Labute approximate surface area is 379 Å². The highest BCUT2D eigenvalue weighted by Crippen LogP contribution is 2.16. The molecule has 1 unspecified atom stereocenters. The van der Waals surface area contributed by atoms with E-state index >= 15 is 0 Å². The second kappa shape index (κ2) is 28.7. The third kappa shape index (κ3) is 25.9. The molecule has 0 aliphatic rings. The molecule has 0 aliphatic carbocycles. The van der Waals surface area contributed by atoms with Crippen LogP contribution in [0.2, 0.25) is 0 Å². The lowest BCUT2D eigenvalue weighted by molar-refractivity contribution is -0.142. The van der Waals surface area contributed by atoms with Gasteiger partial charge in [-0.1, -0.05) is 14.9 Å². The highest BCUT2D eigenvalue weighted by molar-refractivity contribution is 5.92. The first-order chi connectivity index (χ1) is 28.7. The monoisotopic (exact) mass is 915 g/mol. The highest BCUT2D eigenvalue weighted by atomic mass is 19.1. The summed E-state index contributed by atoms with van der Waals surface area (Å²) in [7, 11) is 2.83. The molecule has 2 rings (SSSR count). The molecule has 0 radical (unpaired) electrons. The predicted molar refractivity (Wildman–Crippen MR) is 241 cm³/mol. The van der Waals surface area contributed by atoms with Gasteiger partial charge in [0.05, 0.1) is 12.1 Å². The van der Waals surface area contributed by atoms with Gasteiger partial charge in [0.15, 0.2) is 5.78 Å². The number of aliphatic hydroxyl groups is 1. The molecule has 64 heavy (non-hydrogen) atoms. The van der Waals surface area contributed by atoms with E-state index in [2.05, 4.69) is 21.3 Å². The Bertz CT molecular complexity index is 1700. The second-order valence-electron chi connectivity index (χ2n) is 17.2. The standard InChI is InChI=1S/C22H35FN2O6.C22H33FN2O6.2CH4/c2*1-21(2,3)31-20(28)24-13-7-8-17(25-19(27)22(4,5)29-6)18(26)14-30-16-11-9-15(23)10-12-16;;/h9-12,17-18,26H,7-8,13-14H2,1-6H3,(H,24,28)(H,25,27);9-12,17H,7-8,13-14H2,1-6H3,(H,24,28)(H,25,27);2*1H4/t17-,18?;17-;;/m00../s1. The summed E-state index contributed by atoms with van der Waals surface area (Å²) in [5, 5.41) is 21.3. The van der Waals surface area contributed by atoms with Gasteiger partial charge in [-0.25, -0.2) is 18.4 Å². The van der Waals surface area contributed by atoms with Gasteiger partial charge in [0.2, 0.25) is 0 Å². The van der Waals surface area contributed by atoms with Gasteiger partial charge < -0.3 is 54.8 Å². The van der Waals surface area contributed by atoms with Gasteiger partial charge in [-0.2, -0.15) is 0 Å². The first-order valence-electron chi connectivity index (χ1n) is 20.3. The van der Waals surface area contributed by atoms with Gasteiger partial charge in [-0.05, 0) is 143 Å². The van der Waals surface area contributed by atoms with E-state index < -0.39 is 70.3 Å². The minimum atomic E-state index is -1.12. The lowest BCUT2D eigenvalue weighted by Gasteiger charge is -2.29. The molecule has 0 heterocycles. The lowest BCUT2D eigenvalue weighted by atomic mass is 10.0. The number of amides is 4. The van der Waals surface area contributed by atoms with Crippen molar-refractivity contribution < 1.29 is 66.3 Å². The van der Waals surface area contributed by atoms with E-state index in [1.165, 1.54) is 62.8 Å². The maximum Gasteiger partial charge on any atom is 0.407 e. The molecule has 366 valence electrons. The molecule has 2 aromatic rings. The topological polar surface area (TPSA) is 209 Å². The molecule has 16 nitrogen and oxygen atoms in total. The number of hydrogen-bond acceptors (Lipinski definition) is 12. The van der Waals surface area contributed by atoms with Gasteiger partial charge in [0, 0.05) is 27.3 Å². The number of ketones is 1. The Balaban J connectivity index is 0. The number of alkyl carbamates (subject to hydrolysis) is 2. The fourth-order valence-corrected chi connectivity index (χ4v) is 4.79. The molecule has 18 heteroatoms. The van der Waals surface area contributed by atoms with Crippen LogP contribution in [0.1, 0.15) is 110 Å². The zero-order valence-electron chi connectivity index (χ0n) is 38.2. The van der Waals surface area contributed by atoms with Crippen molar-refractivity contribution in [1.29, 1.82) is 0 Å². The van der Waals surface area contributed by atoms with Crippen molar-refractivity contribution in [3.8, 4) is 11.5 Å². The lowest BCUT2D eigenvalue weighted by Crippen LogP contribution is -2.53. The number of Topliss-reactive ketones (excluding diaryl/α,β-unsaturated/α-hetero) is 1. The first kappa shape index (κ1) is 61.0. The van der Waals surface area contributed by atoms with Gasteiger partial charge >= 0.3 is 12.2 Å². The number of carbonyl (C=O) groups is 5. The van der Waals surface area contributed by atoms with Crippen LogP contribution >= 0.6 is 0 Å². The third-order valence-electron chi connectivity index (χ3n) is 8.72. The number of rotatable bonds is 22. The minimum absolute atomic E-state index is 0. The van der Waals surface area contributed by atoms with E-state index in [-0.39, 0.29) is 52.7 Å². The fourth-order valence-electron chi connectivity index (χ4n) is 4.79.